The molecule has 0 fully saturated rings. The molecule has 1 unspecified atom stereocenters. The fourth-order valence-corrected chi connectivity index (χ4v) is 2.97. The van der Waals surface area contributed by atoms with Crippen LogP contribution >= 0.6 is 38.5 Å². The molecule has 2 aromatic rings. The number of nitrogens with zero attached hydrogens (tertiary/aromatic N) is 1. The van der Waals surface area contributed by atoms with Crippen molar-refractivity contribution in [1.29, 1.82) is 0 Å². The third kappa shape index (κ3) is 4.00. The van der Waals surface area contributed by atoms with Gasteiger partial charge in [-0.15, -0.1) is 0 Å². The van der Waals surface area contributed by atoms with E-state index < -0.39 is 0 Å². The summed E-state index contributed by atoms with van der Waals surface area (Å²) < 4.78 is 2.26. The Hall–Kier alpha value is -0.460. The van der Waals surface area contributed by atoms with Gasteiger partial charge in [-0.05, 0) is 64.4 Å². The average Bonchev–Trinajstić information content (AvgIpc) is 2.42. The highest BCUT2D eigenvalue weighted by Crippen LogP contribution is 2.26. The first kappa shape index (κ1) is 14.9. The van der Waals surface area contributed by atoms with E-state index in [4.69, 9.17) is 5.73 Å². The molecule has 0 saturated carbocycles. The van der Waals surface area contributed by atoms with Crippen LogP contribution in [0.25, 0.3) is 0 Å². The van der Waals surface area contributed by atoms with Gasteiger partial charge in [0.25, 0.3) is 0 Å². The summed E-state index contributed by atoms with van der Waals surface area (Å²) in [5.41, 5.74) is 9.72. The molecule has 19 heavy (non-hydrogen) atoms. The Bertz CT molecular complexity index is 555. The maximum atomic E-state index is 6.29. The van der Waals surface area contributed by atoms with E-state index in [0.717, 1.165) is 28.6 Å². The van der Waals surface area contributed by atoms with Crippen molar-refractivity contribution in [2.45, 2.75) is 25.8 Å². The van der Waals surface area contributed by atoms with Crippen LogP contribution in [0.15, 0.2) is 41.0 Å². The number of nitrogens with two attached hydrogens (primary N) is 1. The van der Waals surface area contributed by atoms with Crippen molar-refractivity contribution in [1.82, 2.24) is 4.98 Å². The van der Waals surface area contributed by atoms with E-state index in [1.165, 1.54) is 9.13 Å². The first-order chi connectivity index (χ1) is 9.10. The van der Waals surface area contributed by atoms with Gasteiger partial charge in [-0.2, -0.15) is 0 Å². The van der Waals surface area contributed by atoms with E-state index in [1.807, 2.05) is 12.3 Å². The minimum Gasteiger partial charge on any atom is -0.324 e. The lowest BCUT2D eigenvalue weighted by Crippen LogP contribution is -2.15. The van der Waals surface area contributed by atoms with Gasteiger partial charge in [0.15, 0.2) is 0 Å². The SMILES string of the molecule is CCc1ccc(CC(N)c2cc(I)ccc2Br)nc1. The number of aryl methyl sites for hydroxylation is 1. The first-order valence-electron chi connectivity index (χ1n) is 6.24. The highest BCUT2D eigenvalue weighted by molar-refractivity contribution is 14.1. The summed E-state index contributed by atoms with van der Waals surface area (Å²) in [6.45, 7) is 2.13. The monoisotopic (exact) mass is 430 g/mol. The molecular formula is C15H16BrIN2. The number of benzene rings is 1. The Labute approximate surface area is 136 Å². The zero-order valence-electron chi connectivity index (χ0n) is 10.7. The largest absolute Gasteiger partial charge is 0.324 e. The second kappa shape index (κ2) is 6.81. The molecule has 100 valence electrons. The van der Waals surface area contributed by atoms with Crippen LogP contribution in [-0.4, -0.2) is 4.98 Å². The summed E-state index contributed by atoms with van der Waals surface area (Å²) in [6.07, 6.45) is 3.70. The second-order valence-corrected chi connectivity index (χ2v) is 6.59. The van der Waals surface area contributed by atoms with Crippen LogP contribution in [0, 0.1) is 3.57 Å². The van der Waals surface area contributed by atoms with Gasteiger partial charge in [-0.1, -0.05) is 28.9 Å². The Morgan fingerprint density at radius 3 is 2.74 bits per heavy atom. The van der Waals surface area contributed by atoms with Crippen molar-refractivity contribution in [2.24, 2.45) is 5.73 Å². The van der Waals surface area contributed by atoms with Crippen LogP contribution in [0.1, 0.15) is 29.8 Å². The molecule has 1 atom stereocenters. The molecule has 0 aliphatic rings. The average molecular weight is 431 g/mol. The second-order valence-electron chi connectivity index (χ2n) is 4.49. The van der Waals surface area contributed by atoms with E-state index in [-0.39, 0.29) is 6.04 Å². The van der Waals surface area contributed by atoms with Crippen LogP contribution in [-0.2, 0) is 12.8 Å². The molecule has 1 aromatic heterocycles. The number of hydrogen-bond donors (Lipinski definition) is 1. The summed E-state index contributed by atoms with van der Waals surface area (Å²) in [5.74, 6) is 0. The standard InChI is InChI=1S/C15H16BrIN2/c1-2-10-3-5-12(19-9-10)8-15(18)13-7-11(17)4-6-14(13)16/h3-7,9,15H,2,8,18H2,1H3. The lowest BCUT2D eigenvalue weighted by molar-refractivity contribution is 0.702. The Balaban J connectivity index is 2.15. The smallest absolute Gasteiger partial charge is 0.0422 e. The fraction of sp³-hybridized carbons (Fsp3) is 0.267. The van der Waals surface area contributed by atoms with Gasteiger partial charge in [0, 0.05) is 32.4 Å². The summed E-state index contributed by atoms with van der Waals surface area (Å²) >= 11 is 5.87. The zero-order valence-corrected chi connectivity index (χ0v) is 14.5. The van der Waals surface area contributed by atoms with Crippen LogP contribution in [0.5, 0.6) is 0 Å². The lowest BCUT2D eigenvalue weighted by Gasteiger charge is -2.14. The number of rotatable bonds is 4. The van der Waals surface area contributed by atoms with Gasteiger partial charge in [0.1, 0.15) is 0 Å². The Kier molecular flexibility index (Phi) is 5.36. The van der Waals surface area contributed by atoms with Gasteiger partial charge in [0.2, 0.25) is 0 Å². The van der Waals surface area contributed by atoms with Crippen molar-refractivity contribution in [3.05, 3.63) is 61.4 Å². The summed E-state index contributed by atoms with van der Waals surface area (Å²) in [4.78, 5) is 4.47. The third-order valence-corrected chi connectivity index (χ3v) is 4.47. The molecule has 0 aliphatic heterocycles. The molecule has 0 bridgehead atoms. The lowest BCUT2D eigenvalue weighted by atomic mass is 10.0. The number of aromatic nitrogens is 1. The van der Waals surface area contributed by atoms with Crippen molar-refractivity contribution in [2.75, 3.05) is 0 Å². The predicted molar refractivity (Wildman–Crippen MR) is 91.1 cm³/mol. The first-order valence-corrected chi connectivity index (χ1v) is 8.11. The minimum absolute atomic E-state index is 0.0379. The third-order valence-electron chi connectivity index (χ3n) is 3.08. The van der Waals surface area contributed by atoms with Crippen LogP contribution < -0.4 is 5.73 Å². The molecule has 0 spiro atoms. The summed E-state index contributed by atoms with van der Waals surface area (Å²) in [7, 11) is 0. The van der Waals surface area contributed by atoms with Crippen molar-refractivity contribution >= 4 is 38.5 Å². The normalized spacial score (nSPS) is 12.4. The molecule has 0 saturated heterocycles. The van der Waals surface area contributed by atoms with E-state index in [0.29, 0.717) is 0 Å². The van der Waals surface area contributed by atoms with E-state index in [2.05, 4.69) is 74.7 Å². The molecule has 2 N–H and O–H groups in total. The maximum absolute atomic E-state index is 6.29. The highest BCUT2D eigenvalue weighted by Gasteiger charge is 2.12. The van der Waals surface area contributed by atoms with Crippen LogP contribution in [0.3, 0.4) is 0 Å². The van der Waals surface area contributed by atoms with Crippen molar-refractivity contribution < 1.29 is 0 Å². The molecule has 0 amide bonds. The van der Waals surface area contributed by atoms with E-state index in [1.54, 1.807) is 0 Å². The number of pyridine rings is 1. The van der Waals surface area contributed by atoms with Gasteiger partial charge in [0.05, 0.1) is 0 Å². The van der Waals surface area contributed by atoms with Crippen LogP contribution in [0.2, 0.25) is 0 Å². The van der Waals surface area contributed by atoms with Gasteiger partial charge in [-0.25, -0.2) is 0 Å². The molecule has 2 nitrogen and oxygen atoms in total. The van der Waals surface area contributed by atoms with Gasteiger partial charge in [-0.3, -0.25) is 4.98 Å². The van der Waals surface area contributed by atoms with Gasteiger partial charge < -0.3 is 5.73 Å². The van der Waals surface area contributed by atoms with Crippen molar-refractivity contribution in [3.8, 4) is 0 Å². The molecule has 0 aliphatic carbocycles. The summed E-state index contributed by atoms with van der Waals surface area (Å²) in [5, 5.41) is 0. The van der Waals surface area contributed by atoms with Crippen molar-refractivity contribution in [3.63, 3.8) is 0 Å². The number of hydrogen-bond acceptors (Lipinski definition) is 2. The fourth-order valence-electron chi connectivity index (χ4n) is 1.92. The molecule has 0 radical (unpaired) electrons. The maximum Gasteiger partial charge on any atom is 0.0422 e. The highest BCUT2D eigenvalue weighted by atomic mass is 127. The van der Waals surface area contributed by atoms with Gasteiger partial charge >= 0.3 is 0 Å². The zero-order chi connectivity index (χ0) is 13.8. The quantitative estimate of drug-likeness (QED) is 0.736. The Morgan fingerprint density at radius 1 is 1.32 bits per heavy atom. The molecule has 4 heteroatoms. The minimum atomic E-state index is -0.0379. The molecular weight excluding hydrogens is 415 g/mol. The topological polar surface area (TPSA) is 38.9 Å². The van der Waals surface area contributed by atoms with E-state index >= 15 is 0 Å². The molecule has 2 rings (SSSR count). The Morgan fingerprint density at radius 2 is 2.11 bits per heavy atom. The summed E-state index contributed by atoms with van der Waals surface area (Å²) in [6, 6.07) is 10.4. The number of halogens is 2. The molecule has 1 heterocycles. The predicted octanol–water partition coefficient (Wildman–Crippen LogP) is 4.25. The molecule has 1 aromatic carbocycles. The van der Waals surface area contributed by atoms with Crippen LogP contribution in [0.4, 0.5) is 0 Å². The van der Waals surface area contributed by atoms with E-state index in [9.17, 15) is 0 Å².